The third-order valence-electron chi connectivity index (χ3n) is 6.45. The lowest BCUT2D eigenvalue weighted by atomic mass is 9.80. The van der Waals surface area contributed by atoms with Crippen molar-refractivity contribution >= 4 is 12.1 Å². The molecule has 1 saturated heterocycles. The second-order valence-electron chi connectivity index (χ2n) is 9.35. The van der Waals surface area contributed by atoms with Gasteiger partial charge >= 0.3 is 6.18 Å². The first-order chi connectivity index (χ1) is 15.1. The van der Waals surface area contributed by atoms with Crippen LogP contribution in [-0.2, 0) is 9.53 Å². The van der Waals surface area contributed by atoms with Crippen molar-refractivity contribution in [2.75, 3.05) is 13.2 Å². The van der Waals surface area contributed by atoms with Gasteiger partial charge in [-0.05, 0) is 58.4 Å². The number of alkyl halides is 3. The number of rotatable bonds is 2. The number of amides is 1. The van der Waals surface area contributed by atoms with Crippen molar-refractivity contribution in [3.8, 4) is 11.8 Å². The van der Waals surface area contributed by atoms with Crippen LogP contribution in [0.3, 0.4) is 0 Å². The number of fused-ring (bicyclic) bond motifs is 1. The highest BCUT2D eigenvalue weighted by molar-refractivity contribution is 5.50. The van der Waals surface area contributed by atoms with Crippen LogP contribution < -0.4 is 0 Å². The highest BCUT2D eigenvalue weighted by Crippen LogP contribution is 2.42. The summed E-state index contributed by atoms with van der Waals surface area (Å²) in [4.78, 5) is 17.6. The Balaban J connectivity index is 1.55. The zero-order valence-electron chi connectivity index (χ0n) is 18.4. The van der Waals surface area contributed by atoms with E-state index in [1.54, 1.807) is 9.42 Å². The summed E-state index contributed by atoms with van der Waals surface area (Å²) >= 11 is 0. The molecule has 2 aromatic heterocycles. The number of nitrogens with zero attached hydrogens (tertiary/aromatic N) is 4. The van der Waals surface area contributed by atoms with Gasteiger partial charge in [-0.2, -0.15) is 18.3 Å². The molecule has 1 aliphatic heterocycles. The van der Waals surface area contributed by atoms with Gasteiger partial charge in [0.15, 0.2) is 5.65 Å². The fourth-order valence-corrected chi connectivity index (χ4v) is 4.42. The zero-order valence-corrected chi connectivity index (χ0v) is 18.4. The molecular weight excluding hydrogens is 421 g/mol. The Bertz CT molecular complexity index is 1060. The van der Waals surface area contributed by atoms with Gasteiger partial charge in [-0.15, -0.1) is 0 Å². The minimum Gasteiger partial charge on any atom is -0.361 e. The van der Waals surface area contributed by atoms with Crippen LogP contribution in [-0.4, -0.2) is 56.9 Å². The van der Waals surface area contributed by atoms with Crippen molar-refractivity contribution < 1.29 is 22.7 Å². The van der Waals surface area contributed by atoms with Crippen molar-refractivity contribution in [3.63, 3.8) is 0 Å². The van der Waals surface area contributed by atoms with E-state index in [0.717, 1.165) is 17.8 Å². The maximum atomic E-state index is 13.0. The number of carbonyl (C=O) groups is 1. The molecule has 3 heterocycles. The van der Waals surface area contributed by atoms with E-state index in [2.05, 4.69) is 21.9 Å². The molecule has 6 nitrogen and oxygen atoms in total. The van der Waals surface area contributed by atoms with Gasteiger partial charge in [0, 0.05) is 17.7 Å². The molecular formula is C23H27F3N4O2. The molecule has 1 aliphatic carbocycles. The van der Waals surface area contributed by atoms with Gasteiger partial charge in [0.25, 0.3) is 0 Å². The van der Waals surface area contributed by atoms with Crippen molar-refractivity contribution in [2.24, 2.45) is 5.92 Å². The van der Waals surface area contributed by atoms with E-state index in [1.165, 1.54) is 0 Å². The molecule has 1 amide bonds. The smallest absolute Gasteiger partial charge is 0.361 e. The lowest BCUT2D eigenvalue weighted by molar-refractivity contribution is -0.182. The van der Waals surface area contributed by atoms with Gasteiger partial charge in [0.05, 0.1) is 30.3 Å². The van der Waals surface area contributed by atoms with Gasteiger partial charge in [-0.3, -0.25) is 4.79 Å². The maximum absolute atomic E-state index is 13.0. The summed E-state index contributed by atoms with van der Waals surface area (Å²) < 4.78 is 46.4. The number of aromatic nitrogens is 3. The topological polar surface area (TPSA) is 59.7 Å². The van der Waals surface area contributed by atoms with E-state index < -0.39 is 18.2 Å². The predicted molar refractivity (Wildman–Crippen MR) is 112 cm³/mol. The largest absolute Gasteiger partial charge is 0.391 e. The Morgan fingerprint density at radius 2 is 1.94 bits per heavy atom. The first kappa shape index (κ1) is 22.6. The molecule has 32 heavy (non-hydrogen) atoms. The first-order valence-electron chi connectivity index (χ1n) is 10.9. The standard InChI is InChI=1S/C23H27F3N4O2/c1-15-10-18(8-9-19-12-29(14-31)22(2,3)13-32-19)30-21(27-15)11-20(28-30)16-4-6-17(7-5-16)23(24,25)26/h10-11,14,16-17,19H,4-7,12-13H2,1-3H3/t16?,17?,19-/m0/s1. The molecule has 4 rings (SSSR count). The Morgan fingerprint density at radius 1 is 1.22 bits per heavy atom. The minimum absolute atomic E-state index is 0.0125. The molecule has 2 fully saturated rings. The van der Waals surface area contributed by atoms with Gasteiger partial charge in [0.2, 0.25) is 6.41 Å². The number of hydrogen-bond donors (Lipinski definition) is 0. The maximum Gasteiger partial charge on any atom is 0.391 e. The highest BCUT2D eigenvalue weighted by Gasteiger charge is 2.42. The Kier molecular flexibility index (Phi) is 5.93. The van der Waals surface area contributed by atoms with E-state index in [0.29, 0.717) is 37.3 Å². The summed E-state index contributed by atoms with van der Waals surface area (Å²) in [6, 6.07) is 3.67. The molecule has 2 aromatic rings. The third-order valence-corrected chi connectivity index (χ3v) is 6.45. The molecule has 0 bridgehead atoms. The molecule has 0 aromatic carbocycles. The first-order valence-corrected chi connectivity index (χ1v) is 10.9. The molecule has 0 radical (unpaired) electrons. The van der Waals surface area contributed by atoms with Crippen molar-refractivity contribution in [3.05, 3.63) is 29.2 Å². The lowest BCUT2D eigenvalue weighted by Crippen LogP contribution is -2.55. The second-order valence-corrected chi connectivity index (χ2v) is 9.35. The van der Waals surface area contributed by atoms with Crippen LogP contribution in [0.15, 0.2) is 12.1 Å². The molecule has 1 atom stereocenters. The van der Waals surface area contributed by atoms with Crippen LogP contribution in [0.5, 0.6) is 0 Å². The lowest BCUT2D eigenvalue weighted by Gasteiger charge is -2.41. The summed E-state index contributed by atoms with van der Waals surface area (Å²) in [5, 5.41) is 4.65. The van der Waals surface area contributed by atoms with E-state index >= 15 is 0 Å². The van der Waals surface area contributed by atoms with Crippen LogP contribution in [0, 0.1) is 24.7 Å². The molecule has 0 N–H and O–H groups in total. The van der Waals surface area contributed by atoms with Gasteiger partial charge in [-0.25, -0.2) is 9.50 Å². The normalized spacial score (nSPS) is 25.9. The fraction of sp³-hybridized carbons (Fsp3) is 0.609. The van der Waals surface area contributed by atoms with Crippen LogP contribution >= 0.6 is 0 Å². The van der Waals surface area contributed by atoms with E-state index in [1.807, 2.05) is 32.9 Å². The van der Waals surface area contributed by atoms with Gasteiger partial charge in [0.1, 0.15) is 11.8 Å². The van der Waals surface area contributed by atoms with Gasteiger partial charge in [-0.1, -0.05) is 5.92 Å². The molecule has 172 valence electrons. The Morgan fingerprint density at radius 3 is 2.59 bits per heavy atom. The zero-order chi connectivity index (χ0) is 23.1. The molecule has 0 unspecified atom stereocenters. The summed E-state index contributed by atoms with van der Waals surface area (Å²) in [7, 11) is 0. The second kappa shape index (κ2) is 8.39. The summed E-state index contributed by atoms with van der Waals surface area (Å²) in [6.07, 6.45) is -2.54. The Hall–Kier alpha value is -2.60. The molecule has 9 heteroatoms. The summed E-state index contributed by atoms with van der Waals surface area (Å²) in [5.41, 5.74) is 2.42. The summed E-state index contributed by atoms with van der Waals surface area (Å²) in [5.74, 6) is 4.96. The monoisotopic (exact) mass is 448 g/mol. The van der Waals surface area contributed by atoms with E-state index in [9.17, 15) is 18.0 Å². The van der Waals surface area contributed by atoms with Crippen LogP contribution in [0.2, 0.25) is 0 Å². The third kappa shape index (κ3) is 4.60. The molecule has 1 saturated carbocycles. The van der Waals surface area contributed by atoms with Crippen LogP contribution in [0.4, 0.5) is 13.2 Å². The number of carbonyl (C=O) groups excluding carboxylic acids is 1. The van der Waals surface area contributed by atoms with Crippen LogP contribution in [0.25, 0.3) is 5.65 Å². The number of morpholine rings is 1. The highest BCUT2D eigenvalue weighted by atomic mass is 19.4. The average Bonchev–Trinajstić information content (AvgIpc) is 3.16. The average molecular weight is 448 g/mol. The fourth-order valence-electron chi connectivity index (χ4n) is 4.42. The SMILES string of the molecule is Cc1cc(C#C[C@H]2CN(C=O)C(C)(C)CO2)n2nc(C3CCC(C(F)(F)F)CC3)cc2n1. The van der Waals surface area contributed by atoms with Crippen molar-refractivity contribution in [1.29, 1.82) is 0 Å². The number of halogens is 3. The number of ether oxygens (including phenoxy) is 1. The van der Waals surface area contributed by atoms with Gasteiger partial charge < -0.3 is 9.64 Å². The summed E-state index contributed by atoms with van der Waals surface area (Å²) in [6.45, 7) is 6.51. The molecule has 2 aliphatic rings. The molecule has 0 spiro atoms. The van der Waals surface area contributed by atoms with E-state index in [-0.39, 0.29) is 24.3 Å². The van der Waals surface area contributed by atoms with Crippen LogP contribution in [0.1, 0.15) is 62.5 Å². The van der Waals surface area contributed by atoms with Crippen molar-refractivity contribution in [2.45, 2.75) is 70.2 Å². The quantitative estimate of drug-likeness (QED) is 0.517. The van der Waals surface area contributed by atoms with E-state index in [4.69, 9.17) is 4.74 Å². The van der Waals surface area contributed by atoms with Crippen molar-refractivity contribution in [1.82, 2.24) is 19.5 Å². The Labute approximate surface area is 185 Å². The number of aryl methyl sites for hydroxylation is 1. The minimum atomic E-state index is -4.12. The predicted octanol–water partition coefficient (Wildman–Crippen LogP) is 3.86. The number of hydrogen-bond acceptors (Lipinski definition) is 4.